The van der Waals surface area contributed by atoms with E-state index in [1.165, 1.54) is 65.9 Å². The molecule has 6 nitrogen and oxygen atoms in total. The summed E-state index contributed by atoms with van der Waals surface area (Å²) in [5, 5.41) is 9.50. The summed E-state index contributed by atoms with van der Waals surface area (Å²) in [4.78, 5) is 21.5. The summed E-state index contributed by atoms with van der Waals surface area (Å²) in [7, 11) is 0. The van der Waals surface area contributed by atoms with Gasteiger partial charge in [-0.1, -0.05) is 364 Å². The summed E-state index contributed by atoms with van der Waals surface area (Å²) >= 11 is 0. The third-order valence-corrected chi connectivity index (χ3v) is 23.5. The van der Waals surface area contributed by atoms with Crippen LogP contribution in [0.5, 0.6) is 0 Å². The van der Waals surface area contributed by atoms with Crippen molar-refractivity contribution in [3.8, 4) is 157 Å². The zero-order valence-electron chi connectivity index (χ0n) is 64.3. The van der Waals surface area contributed by atoms with Crippen LogP contribution in [0.1, 0.15) is 0 Å². The van der Waals surface area contributed by atoms with Crippen molar-refractivity contribution in [3.05, 3.63) is 437 Å². The quantitative estimate of drug-likeness (QED) is 0.103. The van der Waals surface area contributed by atoms with Crippen LogP contribution in [-0.2, 0) is 0 Å². The molecule has 0 bridgehead atoms. The molecule has 0 unspecified atom stereocenters. The fourth-order valence-electron chi connectivity index (χ4n) is 17.5. The van der Waals surface area contributed by atoms with Gasteiger partial charge in [0.1, 0.15) is 0 Å². The number of aromatic nitrogens is 6. The van der Waals surface area contributed by atoms with Gasteiger partial charge in [-0.05, 0) is 172 Å². The molecule has 118 heavy (non-hydrogen) atoms. The van der Waals surface area contributed by atoms with E-state index in [9.17, 15) is 0 Å². The molecule has 550 valence electrons. The number of rotatable bonds is 15. The molecule has 0 spiro atoms. The number of benzene rings is 18. The molecule has 0 fully saturated rings. The SMILES string of the molecule is c1ccc(-c2ccc(-c3cc(-c4ccc(-c5ccc(-c6ccc7c8ccccc8n(-c8ccccc8)c7c6)cc5)c5ccccc45)nc(-c4ccc(-c5cccc(-c6ccc(-c7cc(-c8ccc(-c9ccc(-c%10ccc%11c(c%10)c%10ccccc%10n%11-c%10ccccc%10)cc9)c9ccccc89)nc(-c8ccccc8)n7)cc6)c5)cc4)n3)cc2)cc1. The third kappa shape index (κ3) is 12.6. The van der Waals surface area contributed by atoms with Crippen molar-refractivity contribution >= 4 is 65.2 Å². The summed E-state index contributed by atoms with van der Waals surface area (Å²) in [5.41, 5.74) is 32.5. The minimum absolute atomic E-state index is 0.650. The van der Waals surface area contributed by atoms with Crippen molar-refractivity contribution in [1.29, 1.82) is 0 Å². The summed E-state index contributed by atoms with van der Waals surface area (Å²) in [6.45, 7) is 0. The molecule has 0 N–H and O–H groups in total. The number of nitrogens with zero attached hydrogens (tertiary/aromatic N) is 6. The number of para-hydroxylation sites is 4. The van der Waals surface area contributed by atoms with Gasteiger partial charge in [0, 0.05) is 66.3 Å². The summed E-state index contributed by atoms with van der Waals surface area (Å²) in [6, 6.07) is 157. The highest BCUT2D eigenvalue weighted by Crippen LogP contribution is 2.44. The summed E-state index contributed by atoms with van der Waals surface area (Å²) in [5.74, 6) is 1.32. The minimum Gasteiger partial charge on any atom is -0.309 e. The van der Waals surface area contributed by atoms with Gasteiger partial charge < -0.3 is 9.13 Å². The molecule has 0 aliphatic rings. The Hall–Kier alpha value is -15.8. The lowest BCUT2D eigenvalue weighted by atomic mass is 9.92. The van der Waals surface area contributed by atoms with E-state index in [-0.39, 0.29) is 0 Å². The Morgan fingerprint density at radius 1 is 0.136 bits per heavy atom. The van der Waals surface area contributed by atoms with Crippen LogP contribution in [0.4, 0.5) is 0 Å². The number of fused-ring (bicyclic) bond motifs is 8. The smallest absolute Gasteiger partial charge is 0.160 e. The van der Waals surface area contributed by atoms with Crippen LogP contribution in [0, 0.1) is 0 Å². The van der Waals surface area contributed by atoms with E-state index in [1.807, 2.05) is 18.2 Å². The van der Waals surface area contributed by atoms with Gasteiger partial charge in [0.15, 0.2) is 11.6 Å². The van der Waals surface area contributed by atoms with Crippen LogP contribution in [-0.4, -0.2) is 29.1 Å². The topological polar surface area (TPSA) is 61.4 Å². The Morgan fingerprint density at radius 2 is 0.415 bits per heavy atom. The van der Waals surface area contributed by atoms with E-state index in [0.717, 1.165) is 145 Å². The zero-order chi connectivity index (χ0) is 78.0. The maximum absolute atomic E-state index is 5.48. The van der Waals surface area contributed by atoms with E-state index in [4.69, 9.17) is 19.9 Å². The molecule has 4 aromatic heterocycles. The van der Waals surface area contributed by atoms with Crippen LogP contribution in [0.2, 0.25) is 0 Å². The Kier molecular flexibility index (Phi) is 17.1. The zero-order valence-corrected chi connectivity index (χ0v) is 64.3. The van der Waals surface area contributed by atoms with Gasteiger partial charge >= 0.3 is 0 Å². The molecular formula is C112H72N6. The van der Waals surface area contributed by atoms with E-state index in [1.54, 1.807) is 0 Å². The van der Waals surface area contributed by atoms with Crippen molar-refractivity contribution in [2.75, 3.05) is 0 Å². The van der Waals surface area contributed by atoms with Crippen LogP contribution in [0.15, 0.2) is 437 Å². The molecule has 4 heterocycles. The second-order valence-corrected chi connectivity index (χ2v) is 30.4. The number of hydrogen-bond donors (Lipinski definition) is 0. The Labute approximate surface area is 683 Å². The standard InChI is InChI=1S/C112H72N6/c1-5-22-73(23-6-1)74-44-54-81(55-45-74)104-72-106(98-66-64-92(94-33-14-16-35-96(94)98)80-52-42-78(43-53-80)88-60-62-101-99-36-17-19-38-107(99)118(110(101)70-88)90-30-11-4-12-31-90)116-112(114-104)84-58-48-76(49-59-84)86-27-21-26-85(68-86)75-46-56-82(57-47-75)103-71-105(115-111(113-103)83-24-7-2-8-25-83)97-65-63-91(93-32-13-15-34-95(93)97)79-50-40-77(41-51-79)87-61-67-109-102(69-87)100-37-18-20-39-108(100)117(109)89-28-9-3-10-29-89/h1-72H. The monoisotopic (exact) mass is 1500 g/mol. The van der Waals surface area contributed by atoms with Gasteiger partial charge in [-0.25, -0.2) is 19.9 Å². The first-order valence-electron chi connectivity index (χ1n) is 40.2. The fraction of sp³-hybridized carbons (Fsp3) is 0. The molecule has 0 radical (unpaired) electrons. The lowest BCUT2D eigenvalue weighted by Crippen LogP contribution is -1.97. The normalized spacial score (nSPS) is 11.6. The maximum atomic E-state index is 5.48. The summed E-state index contributed by atoms with van der Waals surface area (Å²) in [6.07, 6.45) is 0. The molecule has 6 heteroatoms. The molecule has 0 amide bonds. The van der Waals surface area contributed by atoms with Crippen molar-refractivity contribution in [3.63, 3.8) is 0 Å². The molecule has 18 aromatic carbocycles. The molecule has 0 saturated heterocycles. The van der Waals surface area contributed by atoms with Gasteiger partial charge in [0.05, 0.1) is 44.8 Å². The molecule has 22 rings (SSSR count). The van der Waals surface area contributed by atoms with E-state index >= 15 is 0 Å². The van der Waals surface area contributed by atoms with Gasteiger partial charge in [-0.3, -0.25) is 0 Å². The lowest BCUT2D eigenvalue weighted by Gasteiger charge is -2.15. The first-order chi connectivity index (χ1) is 58.5. The van der Waals surface area contributed by atoms with Crippen molar-refractivity contribution < 1.29 is 0 Å². The van der Waals surface area contributed by atoms with Crippen LogP contribution < -0.4 is 0 Å². The third-order valence-electron chi connectivity index (χ3n) is 23.5. The van der Waals surface area contributed by atoms with E-state index in [2.05, 4.69) is 428 Å². The molecule has 0 aliphatic heterocycles. The van der Waals surface area contributed by atoms with Gasteiger partial charge in [-0.15, -0.1) is 0 Å². The predicted octanol–water partition coefficient (Wildman–Crippen LogP) is 29.4. The Bertz CT molecular complexity index is 7590. The second kappa shape index (κ2) is 29.3. The van der Waals surface area contributed by atoms with Gasteiger partial charge in [0.25, 0.3) is 0 Å². The highest BCUT2D eigenvalue weighted by molar-refractivity contribution is 6.13. The average Bonchev–Trinajstić information content (AvgIpc) is 1.59. The van der Waals surface area contributed by atoms with Crippen molar-refractivity contribution in [1.82, 2.24) is 29.1 Å². The molecule has 0 saturated carbocycles. The van der Waals surface area contributed by atoms with Gasteiger partial charge in [0.2, 0.25) is 0 Å². The van der Waals surface area contributed by atoms with Crippen molar-refractivity contribution in [2.24, 2.45) is 0 Å². The molecule has 22 aromatic rings. The van der Waals surface area contributed by atoms with E-state index in [0.29, 0.717) is 11.6 Å². The maximum Gasteiger partial charge on any atom is 0.160 e. The second-order valence-electron chi connectivity index (χ2n) is 30.4. The predicted molar refractivity (Wildman–Crippen MR) is 492 cm³/mol. The van der Waals surface area contributed by atoms with Crippen LogP contribution >= 0.6 is 0 Å². The van der Waals surface area contributed by atoms with Crippen LogP contribution in [0.3, 0.4) is 0 Å². The Morgan fingerprint density at radius 3 is 0.890 bits per heavy atom. The molecule has 0 atom stereocenters. The fourth-order valence-corrected chi connectivity index (χ4v) is 17.5. The molecular weight excluding hydrogens is 1430 g/mol. The highest BCUT2D eigenvalue weighted by Gasteiger charge is 2.22. The van der Waals surface area contributed by atoms with Gasteiger partial charge in [-0.2, -0.15) is 0 Å². The van der Waals surface area contributed by atoms with E-state index < -0.39 is 0 Å². The van der Waals surface area contributed by atoms with Crippen molar-refractivity contribution in [2.45, 2.75) is 0 Å². The first kappa shape index (κ1) is 69.0. The summed E-state index contributed by atoms with van der Waals surface area (Å²) < 4.78 is 4.75. The Balaban J connectivity index is 0.551. The minimum atomic E-state index is 0.650. The largest absolute Gasteiger partial charge is 0.309 e. The van der Waals surface area contributed by atoms with Crippen LogP contribution in [0.25, 0.3) is 222 Å². The average molecular weight is 1500 g/mol. The number of hydrogen-bond acceptors (Lipinski definition) is 4. The highest BCUT2D eigenvalue weighted by atomic mass is 15.0. The first-order valence-corrected chi connectivity index (χ1v) is 40.2. The lowest BCUT2D eigenvalue weighted by molar-refractivity contribution is 1.18. The molecule has 0 aliphatic carbocycles.